The van der Waals surface area contributed by atoms with Crippen molar-refractivity contribution in [3.63, 3.8) is 0 Å². The first kappa shape index (κ1) is 20.6. The molecular formula is C19H26ClN3O2S. The van der Waals surface area contributed by atoms with E-state index in [2.05, 4.69) is 29.4 Å². The van der Waals surface area contributed by atoms with E-state index in [1.54, 1.807) is 0 Å². The molecule has 0 saturated heterocycles. The minimum absolute atomic E-state index is 0.0654. The first-order valence-electron chi connectivity index (χ1n) is 8.97. The molecule has 0 aliphatic heterocycles. The van der Waals surface area contributed by atoms with E-state index in [0.29, 0.717) is 30.5 Å². The monoisotopic (exact) mass is 395 g/mol. The number of carbonyl (C=O) groups excluding carboxylic acids is 1. The van der Waals surface area contributed by atoms with Crippen LogP contribution in [0, 0.1) is 13.8 Å². The molecule has 0 spiro atoms. The van der Waals surface area contributed by atoms with Gasteiger partial charge in [0.2, 0.25) is 11.0 Å². The van der Waals surface area contributed by atoms with Gasteiger partial charge in [0.05, 0.1) is 6.61 Å². The van der Waals surface area contributed by atoms with Crippen LogP contribution in [0.2, 0.25) is 5.02 Å². The van der Waals surface area contributed by atoms with Gasteiger partial charge < -0.3 is 10.1 Å². The Bertz CT molecular complexity index is 721. The molecule has 2 rings (SSSR count). The normalized spacial score (nSPS) is 11.0. The van der Waals surface area contributed by atoms with Crippen LogP contribution in [0.5, 0.6) is 5.75 Å². The van der Waals surface area contributed by atoms with Gasteiger partial charge in [0.15, 0.2) is 0 Å². The summed E-state index contributed by atoms with van der Waals surface area (Å²) in [5.41, 5.74) is 1.98. The quantitative estimate of drug-likeness (QED) is 0.568. The van der Waals surface area contributed by atoms with E-state index in [4.69, 9.17) is 16.3 Å². The Morgan fingerprint density at radius 2 is 1.88 bits per heavy atom. The van der Waals surface area contributed by atoms with Crippen molar-refractivity contribution in [3.8, 4) is 5.75 Å². The van der Waals surface area contributed by atoms with Gasteiger partial charge in [-0.2, -0.15) is 0 Å². The molecule has 142 valence electrons. The number of hydrogen-bond donors (Lipinski definition) is 1. The molecule has 1 amide bonds. The Balaban J connectivity index is 1.76. The number of halogens is 1. The fourth-order valence-electron chi connectivity index (χ4n) is 2.68. The number of amides is 1. The number of hydrogen-bond acceptors (Lipinski definition) is 5. The van der Waals surface area contributed by atoms with E-state index >= 15 is 0 Å². The molecule has 0 aliphatic rings. The highest BCUT2D eigenvalue weighted by atomic mass is 35.5. The Kier molecular flexibility index (Phi) is 7.85. The molecule has 0 atom stereocenters. The van der Waals surface area contributed by atoms with E-state index in [-0.39, 0.29) is 5.91 Å². The van der Waals surface area contributed by atoms with Gasteiger partial charge in [-0.25, -0.2) is 0 Å². The number of anilines is 1. The molecule has 1 N–H and O–H groups in total. The summed E-state index contributed by atoms with van der Waals surface area (Å²) < 4.78 is 5.72. The zero-order valence-corrected chi connectivity index (χ0v) is 17.3. The minimum Gasteiger partial charge on any atom is -0.494 e. The van der Waals surface area contributed by atoms with E-state index in [0.717, 1.165) is 39.7 Å². The lowest BCUT2D eigenvalue weighted by atomic mass is 10.1. The topological polar surface area (TPSA) is 64.1 Å². The van der Waals surface area contributed by atoms with Gasteiger partial charge in [-0.05, 0) is 56.4 Å². The van der Waals surface area contributed by atoms with E-state index in [1.165, 1.54) is 11.3 Å². The van der Waals surface area contributed by atoms with Crippen molar-refractivity contribution < 1.29 is 9.53 Å². The Morgan fingerprint density at radius 1 is 1.23 bits per heavy atom. The van der Waals surface area contributed by atoms with Crippen LogP contribution in [0.3, 0.4) is 0 Å². The van der Waals surface area contributed by atoms with Crippen molar-refractivity contribution in [2.45, 2.75) is 59.3 Å². The number of carbonyl (C=O) groups is 1. The molecular weight excluding hydrogens is 370 g/mol. The van der Waals surface area contributed by atoms with Crippen molar-refractivity contribution in [2.75, 3.05) is 11.9 Å². The van der Waals surface area contributed by atoms with Gasteiger partial charge >= 0.3 is 0 Å². The average Bonchev–Trinajstić information content (AvgIpc) is 3.05. The van der Waals surface area contributed by atoms with Gasteiger partial charge in [0.25, 0.3) is 0 Å². The maximum absolute atomic E-state index is 12.0. The third-order valence-electron chi connectivity index (χ3n) is 4.25. The number of nitrogens with one attached hydrogen (secondary N) is 1. The summed E-state index contributed by atoms with van der Waals surface area (Å²) in [6.45, 7) is 8.65. The second-order valence-corrected chi connectivity index (χ2v) is 7.72. The van der Waals surface area contributed by atoms with E-state index in [9.17, 15) is 4.79 Å². The van der Waals surface area contributed by atoms with Crippen LogP contribution in [0.4, 0.5) is 5.13 Å². The minimum atomic E-state index is -0.0654. The summed E-state index contributed by atoms with van der Waals surface area (Å²) in [5, 5.41) is 13.4. The molecule has 26 heavy (non-hydrogen) atoms. The van der Waals surface area contributed by atoms with Crippen molar-refractivity contribution in [1.29, 1.82) is 0 Å². The molecule has 0 aliphatic carbocycles. The summed E-state index contributed by atoms with van der Waals surface area (Å²) in [6, 6.07) is 3.83. The predicted octanol–water partition coefficient (Wildman–Crippen LogP) is 5.51. The highest BCUT2D eigenvalue weighted by Crippen LogP contribution is 2.28. The third kappa shape index (κ3) is 5.68. The average molecular weight is 396 g/mol. The molecule has 0 unspecified atom stereocenters. The summed E-state index contributed by atoms with van der Waals surface area (Å²) >= 11 is 7.61. The van der Waals surface area contributed by atoms with Crippen molar-refractivity contribution >= 4 is 34.0 Å². The lowest BCUT2D eigenvalue weighted by molar-refractivity contribution is -0.116. The molecule has 1 aromatic heterocycles. The third-order valence-corrected chi connectivity index (χ3v) is 5.85. The van der Waals surface area contributed by atoms with Gasteiger partial charge in [-0.3, -0.25) is 4.79 Å². The zero-order valence-electron chi connectivity index (χ0n) is 15.8. The SMILES string of the molecule is CCC(CC)c1nnc(NC(=O)CCCOc2cc(C)c(Cl)c(C)c2)s1. The lowest BCUT2D eigenvalue weighted by Gasteiger charge is -2.09. The second-order valence-electron chi connectivity index (χ2n) is 6.33. The fourth-order valence-corrected chi connectivity index (χ4v) is 3.82. The fraction of sp³-hybridized carbons (Fsp3) is 0.526. The molecule has 5 nitrogen and oxygen atoms in total. The number of ether oxygens (including phenoxy) is 1. The highest BCUT2D eigenvalue weighted by molar-refractivity contribution is 7.15. The Labute approximate surface area is 164 Å². The Hall–Kier alpha value is -1.66. The number of benzene rings is 1. The highest BCUT2D eigenvalue weighted by Gasteiger charge is 2.14. The molecule has 0 saturated carbocycles. The molecule has 2 aromatic rings. The van der Waals surface area contributed by atoms with Crippen molar-refractivity contribution in [3.05, 3.63) is 33.3 Å². The van der Waals surface area contributed by atoms with Gasteiger partial charge in [0, 0.05) is 17.4 Å². The number of aryl methyl sites for hydroxylation is 2. The van der Waals surface area contributed by atoms with Crippen LogP contribution in [-0.2, 0) is 4.79 Å². The van der Waals surface area contributed by atoms with Crippen LogP contribution in [0.15, 0.2) is 12.1 Å². The molecule has 1 heterocycles. The number of nitrogens with zero attached hydrogens (tertiary/aromatic N) is 2. The summed E-state index contributed by atoms with van der Waals surface area (Å²) in [7, 11) is 0. The van der Waals surface area contributed by atoms with Crippen LogP contribution in [-0.4, -0.2) is 22.7 Å². The standard InChI is InChI=1S/C19H26ClN3O2S/c1-5-14(6-2)18-22-23-19(26-18)21-16(24)8-7-9-25-15-10-12(3)17(20)13(4)11-15/h10-11,14H,5-9H2,1-4H3,(H,21,23,24). The first-order chi connectivity index (χ1) is 12.4. The molecule has 0 bridgehead atoms. The number of aromatic nitrogens is 2. The predicted molar refractivity (Wildman–Crippen MR) is 108 cm³/mol. The van der Waals surface area contributed by atoms with Crippen LogP contribution in [0.1, 0.15) is 61.6 Å². The van der Waals surface area contributed by atoms with Crippen molar-refractivity contribution in [1.82, 2.24) is 10.2 Å². The van der Waals surface area contributed by atoms with Crippen LogP contribution < -0.4 is 10.1 Å². The molecule has 0 radical (unpaired) electrons. The lowest BCUT2D eigenvalue weighted by Crippen LogP contribution is -2.12. The summed E-state index contributed by atoms with van der Waals surface area (Å²) in [5.74, 6) is 1.13. The summed E-state index contributed by atoms with van der Waals surface area (Å²) in [6.07, 6.45) is 3.07. The van der Waals surface area contributed by atoms with Gasteiger partial charge in [-0.15, -0.1) is 10.2 Å². The summed E-state index contributed by atoms with van der Waals surface area (Å²) in [4.78, 5) is 12.0. The zero-order chi connectivity index (χ0) is 19.1. The van der Waals surface area contributed by atoms with E-state index < -0.39 is 0 Å². The second kappa shape index (κ2) is 9.88. The first-order valence-corrected chi connectivity index (χ1v) is 10.2. The maximum atomic E-state index is 12.0. The largest absolute Gasteiger partial charge is 0.494 e. The maximum Gasteiger partial charge on any atom is 0.226 e. The van der Waals surface area contributed by atoms with Gasteiger partial charge in [-0.1, -0.05) is 36.8 Å². The van der Waals surface area contributed by atoms with E-state index in [1.807, 2.05) is 26.0 Å². The number of rotatable bonds is 9. The van der Waals surface area contributed by atoms with Gasteiger partial charge in [0.1, 0.15) is 10.8 Å². The molecule has 0 fully saturated rings. The van der Waals surface area contributed by atoms with Crippen molar-refractivity contribution in [2.24, 2.45) is 0 Å². The molecule has 7 heteroatoms. The smallest absolute Gasteiger partial charge is 0.226 e. The van der Waals surface area contributed by atoms with Crippen LogP contribution in [0.25, 0.3) is 0 Å². The Morgan fingerprint density at radius 3 is 2.50 bits per heavy atom. The molecule has 1 aromatic carbocycles. The van der Waals surface area contributed by atoms with Crippen LogP contribution >= 0.6 is 22.9 Å².